The highest BCUT2D eigenvalue weighted by molar-refractivity contribution is 5.96. The molecule has 1 N–H and O–H groups in total. The van der Waals surface area contributed by atoms with Crippen LogP contribution in [-0.4, -0.2) is 36.9 Å². The van der Waals surface area contributed by atoms with E-state index in [2.05, 4.69) is 60.0 Å². The zero-order valence-electron chi connectivity index (χ0n) is 13.3. The van der Waals surface area contributed by atoms with E-state index in [9.17, 15) is 0 Å². The number of nitrogens with one attached hydrogen (secondary N) is 1. The molecule has 0 spiro atoms. The molecular weight excluding hydrogens is 270 g/mol. The molecule has 3 rings (SSSR count). The van der Waals surface area contributed by atoms with Gasteiger partial charge >= 0.3 is 0 Å². The third-order valence-electron chi connectivity index (χ3n) is 4.38. The Kier molecular flexibility index (Phi) is 4.14. The molecule has 1 saturated heterocycles. The van der Waals surface area contributed by atoms with E-state index in [1.54, 1.807) is 0 Å². The van der Waals surface area contributed by atoms with Crippen molar-refractivity contribution in [3.63, 3.8) is 0 Å². The molecule has 3 heteroatoms. The Hall–Kier alpha value is -2.29. The topological polar surface area (TPSA) is 30.3 Å². The lowest BCUT2D eigenvalue weighted by molar-refractivity contribution is 0.384. The van der Waals surface area contributed by atoms with E-state index < -0.39 is 0 Å². The molecule has 2 aromatic carbocycles. The van der Waals surface area contributed by atoms with E-state index >= 15 is 0 Å². The van der Waals surface area contributed by atoms with Crippen molar-refractivity contribution in [3.8, 4) is 0 Å². The average Bonchev–Trinajstić information content (AvgIpc) is 2.56. The van der Waals surface area contributed by atoms with Crippen LogP contribution in [-0.2, 0) is 0 Å². The number of hydrogen-bond acceptors (Lipinski definition) is 2. The van der Waals surface area contributed by atoms with Crippen LogP contribution < -0.4 is 4.90 Å². The van der Waals surface area contributed by atoms with Gasteiger partial charge in [0, 0.05) is 37.4 Å². The molecule has 1 heterocycles. The van der Waals surface area contributed by atoms with E-state index in [0.29, 0.717) is 5.84 Å². The smallest absolute Gasteiger partial charge is 0.128 e. The van der Waals surface area contributed by atoms with Crippen molar-refractivity contribution < 1.29 is 0 Å². The zero-order valence-corrected chi connectivity index (χ0v) is 13.3. The number of rotatable bonds is 2. The van der Waals surface area contributed by atoms with Crippen LogP contribution in [0.1, 0.15) is 16.7 Å². The SMILES string of the molecule is Cc1ccc(C(=N)N2CCN(c3ccccc3C)CC2)cc1. The summed E-state index contributed by atoms with van der Waals surface area (Å²) >= 11 is 0. The van der Waals surface area contributed by atoms with Crippen molar-refractivity contribution >= 4 is 11.5 Å². The Bertz CT molecular complexity index is 653. The first kappa shape index (κ1) is 14.6. The molecule has 0 aromatic heterocycles. The van der Waals surface area contributed by atoms with Gasteiger partial charge in [-0.2, -0.15) is 0 Å². The number of aryl methyl sites for hydroxylation is 2. The molecule has 0 saturated carbocycles. The molecule has 22 heavy (non-hydrogen) atoms. The predicted molar refractivity (Wildman–Crippen MR) is 93.0 cm³/mol. The predicted octanol–water partition coefficient (Wildman–Crippen LogP) is 3.45. The Morgan fingerprint density at radius 1 is 0.864 bits per heavy atom. The van der Waals surface area contributed by atoms with Gasteiger partial charge < -0.3 is 9.80 Å². The fraction of sp³-hybridized carbons (Fsp3) is 0.316. The van der Waals surface area contributed by atoms with Crippen molar-refractivity contribution in [1.82, 2.24) is 4.90 Å². The van der Waals surface area contributed by atoms with Crippen LogP contribution in [0.2, 0.25) is 0 Å². The molecule has 1 aliphatic heterocycles. The summed E-state index contributed by atoms with van der Waals surface area (Å²) in [7, 11) is 0. The number of benzene rings is 2. The van der Waals surface area contributed by atoms with Crippen LogP contribution in [0.3, 0.4) is 0 Å². The Morgan fingerprint density at radius 3 is 2.14 bits per heavy atom. The molecule has 0 radical (unpaired) electrons. The largest absolute Gasteiger partial charge is 0.368 e. The normalized spacial score (nSPS) is 15.0. The van der Waals surface area contributed by atoms with Crippen LogP contribution in [0.5, 0.6) is 0 Å². The summed E-state index contributed by atoms with van der Waals surface area (Å²) in [5.74, 6) is 0.643. The summed E-state index contributed by atoms with van der Waals surface area (Å²) in [4.78, 5) is 4.60. The van der Waals surface area contributed by atoms with Gasteiger partial charge in [0.25, 0.3) is 0 Å². The first-order valence-electron chi connectivity index (χ1n) is 7.86. The van der Waals surface area contributed by atoms with E-state index in [1.807, 2.05) is 12.1 Å². The van der Waals surface area contributed by atoms with Crippen LogP contribution >= 0.6 is 0 Å². The van der Waals surface area contributed by atoms with Gasteiger partial charge in [-0.25, -0.2) is 0 Å². The van der Waals surface area contributed by atoms with Gasteiger partial charge in [0.1, 0.15) is 5.84 Å². The van der Waals surface area contributed by atoms with Crippen LogP contribution in [0.15, 0.2) is 48.5 Å². The highest BCUT2D eigenvalue weighted by Gasteiger charge is 2.20. The van der Waals surface area contributed by atoms with E-state index in [4.69, 9.17) is 5.41 Å². The summed E-state index contributed by atoms with van der Waals surface area (Å²) in [6, 6.07) is 16.8. The molecule has 0 bridgehead atoms. The summed E-state index contributed by atoms with van der Waals surface area (Å²) < 4.78 is 0. The lowest BCUT2D eigenvalue weighted by atomic mass is 10.1. The molecule has 0 unspecified atom stereocenters. The Labute approximate surface area is 132 Å². The minimum Gasteiger partial charge on any atom is -0.368 e. The van der Waals surface area contributed by atoms with Crippen molar-refractivity contribution in [2.75, 3.05) is 31.1 Å². The molecule has 0 atom stereocenters. The molecule has 2 aromatic rings. The third-order valence-corrected chi connectivity index (χ3v) is 4.38. The van der Waals surface area contributed by atoms with Crippen LogP contribution in [0.25, 0.3) is 0 Å². The maximum Gasteiger partial charge on any atom is 0.128 e. The lowest BCUT2D eigenvalue weighted by Crippen LogP contribution is -2.49. The number of amidine groups is 1. The molecular formula is C19H23N3. The van der Waals surface area contributed by atoms with Gasteiger partial charge in [-0.3, -0.25) is 5.41 Å². The van der Waals surface area contributed by atoms with Crippen molar-refractivity contribution in [1.29, 1.82) is 5.41 Å². The second-order valence-electron chi connectivity index (χ2n) is 5.98. The van der Waals surface area contributed by atoms with Gasteiger partial charge in [-0.05, 0) is 25.5 Å². The minimum atomic E-state index is 0.643. The fourth-order valence-electron chi connectivity index (χ4n) is 2.98. The highest BCUT2D eigenvalue weighted by atomic mass is 15.3. The standard InChI is InChI=1S/C19H23N3/c1-15-7-9-17(10-8-15)19(20)22-13-11-21(12-14-22)18-6-4-3-5-16(18)2/h3-10,20H,11-14H2,1-2H3. The van der Waals surface area contributed by atoms with Gasteiger partial charge in [0.05, 0.1) is 0 Å². The van der Waals surface area contributed by atoms with Crippen molar-refractivity contribution in [2.24, 2.45) is 0 Å². The van der Waals surface area contributed by atoms with Gasteiger partial charge in [0.2, 0.25) is 0 Å². The average molecular weight is 293 g/mol. The van der Waals surface area contributed by atoms with E-state index in [1.165, 1.54) is 16.8 Å². The van der Waals surface area contributed by atoms with Gasteiger partial charge in [-0.15, -0.1) is 0 Å². The molecule has 1 fully saturated rings. The zero-order chi connectivity index (χ0) is 15.5. The summed E-state index contributed by atoms with van der Waals surface area (Å²) in [5.41, 5.74) is 4.89. The second kappa shape index (κ2) is 6.22. The summed E-state index contributed by atoms with van der Waals surface area (Å²) in [6.07, 6.45) is 0. The Morgan fingerprint density at radius 2 is 1.50 bits per heavy atom. The van der Waals surface area contributed by atoms with Gasteiger partial charge in [-0.1, -0.05) is 48.0 Å². The van der Waals surface area contributed by atoms with E-state index in [-0.39, 0.29) is 0 Å². The van der Waals surface area contributed by atoms with Crippen LogP contribution in [0.4, 0.5) is 5.69 Å². The fourth-order valence-corrected chi connectivity index (χ4v) is 2.98. The summed E-state index contributed by atoms with van der Waals surface area (Å²) in [6.45, 7) is 7.99. The summed E-state index contributed by atoms with van der Waals surface area (Å²) in [5, 5.41) is 8.41. The number of anilines is 1. The quantitative estimate of drug-likeness (QED) is 0.679. The number of piperazine rings is 1. The van der Waals surface area contributed by atoms with Gasteiger partial charge in [0.15, 0.2) is 0 Å². The second-order valence-corrected chi connectivity index (χ2v) is 5.98. The first-order valence-corrected chi connectivity index (χ1v) is 7.86. The number of nitrogens with zero attached hydrogens (tertiary/aromatic N) is 2. The third kappa shape index (κ3) is 2.98. The maximum absolute atomic E-state index is 8.41. The minimum absolute atomic E-state index is 0.643. The highest BCUT2D eigenvalue weighted by Crippen LogP contribution is 2.21. The lowest BCUT2D eigenvalue weighted by Gasteiger charge is -2.38. The van der Waals surface area contributed by atoms with Crippen molar-refractivity contribution in [2.45, 2.75) is 13.8 Å². The Balaban J connectivity index is 1.65. The molecule has 114 valence electrons. The number of para-hydroxylation sites is 1. The molecule has 3 nitrogen and oxygen atoms in total. The number of hydrogen-bond donors (Lipinski definition) is 1. The molecule has 0 amide bonds. The molecule has 0 aliphatic carbocycles. The van der Waals surface area contributed by atoms with E-state index in [0.717, 1.165) is 31.7 Å². The van der Waals surface area contributed by atoms with Crippen molar-refractivity contribution in [3.05, 3.63) is 65.2 Å². The monoisotopic (exact) mass is 293 g/mol. The first-order chi connectivity index (χ1) is 10.6. The van der Waals surface area contributed by atoms with Crippen LogP contribution in [0, 0.1) is 19.3 Å². The molecule has 1 aliphatic rings. The maximum atomic E-state index is 8.41.